The van der Waals surface area contributed by atoms with Crippen LogP contribution in [-0.2, 0) is 5.54 Å². The number of aromatic nitrogens is 2. The predicted molar refractivity (Wildman–Crippen MR) is 110 cm³/mol. The molecule has 7 nitrogen and oxygen atoms in total. The molecule has 1 aliphatic carbocycles. The van der Waals surface area contributed by atoms with Gasteiger partial charge in [0.15, 0.2) is 0 Å². The number of rotatable bonds is 4. The summed E-state index contributed by atoms with van der Waals surface area (Å²) >= 11 is 0. The molecule has 1 aliphatic rings. The third kappa shape index (κ3) is 3.64. The zero-order chi connectivity index (χ0) is 20.6. The number of anilines is 1. The fourth-order valence-electron chi connectivity index (χ4n) is 4.22. The van der Waals surface area contributed by atoms with Crippen LogP contribution in [0.5, 0.6) is 0 Å². The highest BCUT2D eigenvalue weighted by Crippen LogP contribution is 2.48. The number of carbonyl (C=O) groups is 1. The first-order chi connectivity index (χ1) is 13.8. The molecule has 0 atom stereocenters. The van der Waals surface area contributed by atoms with E-state index in [2.05, 4.69) is 15.5 Å². The molecule has 5 N–H and O–H groups in total. The standard InChI is InChI=1S/C22H22N4O3/c1-21(29)12-22(13-21,24-20(27)28)16-9-7-15(8-10-16)19-17(11-18(23)25-26-19)14-5-3-2-4-6-14/h2-11,24,29H,12-13H2,1H3,(H2,23,25)(H,27,28). The third-order valence-corrected chi connectivity index (χ3v) is 5.32. The van der Waals surface area contributed by atoms with E-state index in [9.17, 15) is 15.0 Å². The van der Waals surface area contributed by atoms with Gasteiger partial charge >= 0.3 is 6.09 Å². The van der Waals surface area contributed by atoms with Gasteiger partial charge in [-0.25, -0.2) is 4.79 Å². The number of nitrogen functional groups attached to an aromatic ring is 1. The van der Waals surface area contributed by atoms with E-state index in [1.54, 1.807) is 13.0 Å². The average Bonchev–Trinajstić information content (AvgIpc) is 2.67. The lowest BCUT2D eigenvalue weighted by atomic mass is 9.62. The van der Waals surface area contributed by atoms with Gasteiger partial charge in [-0.2, -0.15) is 0 Å². The van der Waals surface area contributed by atoms with Crippen molar-refractivity contribution in [3.8, 4) is 22.4 Å². The maximum Gasteiger partial charge on any atom is 0.405 e. The van der Waals surface area contributed by atoms with Crippen LogP contribution in [0.4, 0.5) is 10.6 Å². The van der Waals surface area contributed by atoms with Gasteiger partial charge in [-0.1, -0.05) is 54.6 Å². The van der Waals surface area contributed by atoms with Gasteiger partial charge in [0.05, 0.1) is 11.1 Å². The van der Waals surface area contributed by atoms with Gasteiger partial charge in [-0.05, 0) is 24.1 Å². The molecule has 0 aliphatic heterocycles. The number of nitrogens with two attached hydrogens (primary N) is 1. The van der Waals surface area contributed by atoms with E-state index < -0.39 is 17.2 Å². The summed E-state index contributed by atoms with van der Waals surface area (Å²) in [5.41, 5.74) is 8.38. The summed E-state index contributed by atoms with van der Waals surface area (Å²) in [6.45, 7) is 1.71. The third-order valence-electron chi connectivity index (χ3n) is 5.32. The molecule has 2 aromatic carbocycles. The predicted octanol–water partition coefficient (Wildman–Crippen LogP) is 3.40. The highest BCUT2D eigenvalue weighted by molar-refractivity contribution is 5.81. The van der Waals surface area contributed by atoms with Gasteiger partial charge in [0.2, 0.25) is 0 Å². The summed E-state index contributed by atoms with van der Waals surface area (Å²) in [4.78, 5) is 11.3. The molecule has 1 saturated carbocycles. The minimum absolute atomic E-state index is 0.322. The van der Waals surface area contributed by atoms with Gasteiger partial charge in [0.1, 0.15) is 11.5 Å². The number of hydrogen-bond donors (Lipinski definition) is 4. The van der Waals surface area contributed by atoms with Crippen molar-refractivity contribution in [3.63, 3.8) is 0 Å². The molecule has 1 aromatic heterocycles. The fraction of sp³-hybridized carbons (Fsp3) is 0.227. The van der Waals surface area contributed by atoms with Crippen molar-refractivity contribution in [2.75, 3.05) is 5.73 Å². The number of nitrogens with zero attached hydrogens (tertiary/aromatic N) is 2. The molecule has 7 heteroatoms. The first-order valence-corrected chi connectivity index (χ1v) is 9.31. The maximum absolute atomic E-state index is 11.3. The minimum atomic E-state index is -1.11. The molecule has 0 radical (unpaired) electrons. The smallest absolute Gasteiger partial charge is 0.405 e. The SMILES string of the molecule is CC1(O)CC(NC(=O)O)(c2ccc(-c3nnc(N)cc3-c3ccccc3)cc2)C1. The Bertz CT molecular complexity index is 1040. The number of carboxylic acid groups (broad SMARTS) is 1. The summed E-state index contributed by atoms with van der Waals surface area (Å²) in [7, 11) is 0. The Morgan fingerprint density at radius 2 is 1.69 bits per heavy atom. The molecule has 4 rings (SSSR count). The van der Waals surface area contributed by atoms with Crippen molar-refractivity contribution >= 4 is 11.9 Å². The molecular formula is C22H22N4O3. The quantitative estimate of drug-likeness (QED) is 0.542. The van der Waals surface area contributed by atoms with Gasteiger partial charge in [-0.15, -0.1) is 10.2 Å². The van der Waals surface area contributed by atoms with Crippen molar-refractivity contribution in [2.45, 2.75) is 30.9 Å². The van der Waals surface area contributed by atoms with Crippen LogP contribution < -0.4 is 11.1 Å². The first-order valence-electron chi connectivity index (χ1n) is 9.31. The Hall–Kier alpha value is -3.45. The highest BCUT2D eigenvalue weighted by atomic mass is 16.4. The lowest BCUT2D eigenvalue weighted by molar-refractivity contribution is -0.0858. The van der Waals surface area contributed by atoms with E-state index in [0.29, 0.717) is 24.4 Å². The average molecular weight is 390 g/mol. The normalized spacial score (nSPS) is 23.2. The van der Waals surface area contributed by atoms with Crippen LogP contribution in [-0.4, -0.2) is 32.1 Å². The number of hydrogen-bond acceptors (Lipinski definition) is 5. The molecule has 29 heavy (non-hydrogen) atoms. The van der Waals surface area contributed by atoms with E-state index in [1.165, 1.54) is 0 Å². The number of nitrogens with one attached hydrogen (secondary N) is 1. The summed E-state index contributed by atoms with van der Waals surface area (Å²) in [5.74, 6) is 0.338. The van der Waals surface area contributed by atoms with Crippen LogP contribution in [0.25, 0.3) is 22.4 Å². The Morgan fingerprint density at radius 3 is 2.28 bits per heavy atom. The van der Waals surface area contributed by atoms with E-state index in [1.807, 2.05) is 54.6 Å². The van der Waals surface area contributed by atoms with Crippen LogP contribution in [0.3, 0.4) is 0 Å². The van der Waals surface area contributed by atoms with E-state index in [0.717, 1.165) is 22.3 Å². The fourth-order valence-corrected chi connectivity index (χ4v) is 4.22. The second-order valence-electron chi connectivity index (χ2n) is 7.84. The van der Waals surface area contributed by atoms with Crippen molar-refractivity contribution in [1.82, 2.24) is 15.5 Å². The van der Waals surface area contributed by atoms with E-state index in [-0.39, 0.29) is 0 Å². The topological polar surface area (TPSA) is 121 Å². The first kappa shape index (κ1) is 18.9. The van der Waals surface area contributed by atoms with E-state index in [4.69, 9.17) is 5.73 Å². The molecule has 148 valence electrons. The lowest BCUT2D eigenvalue weighted by Gasteiger charge is -2.51. The molecule has 0 bridgehead atoms. The Morgan fingerprint density at radius 1 is 1.03 bits per heavy atom. The van der Waals surface area contributed by atoms with Crippen LogP contribution in [0.2, 0.25) is 0 Å². The minimum Gasteiger partial charge on any atom is -0.465 e. The van der Waals surface area contributed by atoms with Crippen molar-refractivity contribution in [2.24, 2.45) is 0 Å². The Balaban J connectivity index is 1.71. The number of benzene rings is 2. The second-order valence-corrected chi connectivity index (χ2v) is 7.84. The van der Waals surface area contributed by atoms with Crippen LogP contribution in [0, 0.1) is 0 Å². The molecule has 1 fully saturated rings. The summed E-state index contributed by atoms with van der Waals surface area (Å²) in [6, 6.07) is 19.1. The van der Waals surface area contributed by atoms with Crippen LogP contribution in [0.1, 0.15) is 25.3 Å². The highest BCUT2D eigenvalue weighted by Gasteiger charge is 2.53. The van der Waals surface area contributed by atoms with Crippen molar-refractivity contribution in [3.05, 3.63) is 66.2 Å². The van der Waals surface area contributed by atoms with Crippen LogP contribution in [0.15, 0.2) is 60.7 Å². The number of amides is 1. The van der Waals surface area contributed by atoms with Gasteiger partial charge in [0.25, 0.3) is 0 Å². The van der Waals surface area contributed by atoms with E-state index >= 15 is 0 Å². The second kappa shape index (κ2) is 6.86. The van der Waals surface area contributed by atoms with Crippen molar-refractivity contribution in [1.29, 1.82) is 0 Å². The monoisotopic (exact) mass is 390 g/mol. The molecule has 3 aromatic rings. The number of aliphatic hydroxyl groups is 1. The van der Waals surface area contributed by atoms with Crippen LogP contribution >= 0.6 is 0 Å². The van der Waals surface area contributed by atoms with Gasteiger partial charge < -0.3 is 21.3 Å². The molecule has 1 heterocycles. The Labute approximate surface area is 168 Å². The summed E-state index contributed by atoms with van der Waals surface area (Å²) < 4.78 is 0. The molecular weight excluding hydrogens is 368 g/mol. The molecule has 0 saturated heterocycles. The summed E-state index contributed by atoms with van der Waals surface area (Å²) in [6.07, 6.45) is -0.467. The molecule has 1 amide bonds. The molecule has 0 unspecified atom stereocenters. The summed E-state index contributed by atoms with van der Waals surface area (Å²) in [5, 5.41) is 30.3. The Kier molecular flexibility index (Phi) is 4.47. The van der Waals surface area contributed by atoms with Gasteiger partial charge in [0, 0.05) is 24.0 Å². The van der Waals surface area contributed by atoms with Crippen molar-refractivity contribution < 1.29 is 15.0 Å². The maximum atomic E-state index is 11.3. The largest absolute Gasteiger partial charge is 0.465 e. The zero-order valence-corrected chi connectivity index (χ0v) is 16.0. The zero-order valence-electron chi connectivity index (χ0n) is 16.0. The lowest BCUT2D eigenvalue weighted by Crippen LogP contribution is -2.61. The van der Waals surface area contributed by atoms with Gasteiger partial charge in [-0.3, -0.25) is 0 Å². The molecule has 0 spiro atoms.